The summed E-state index contributed by atoms with van der Waals surface area (Å²) in [5, 5.41) is 7.65. The number of carbonyl (C=O) groups excluding carboxylic acids is 1. The van der Waals surface area contributed by atoms with Gasteiger partial charge in [0.05, 0.1) is 12.2 Å². The first-order valence-corrected chi connectivity index (χ1v) is 7.22. The van der Waals surface area contributed by atoms with Crippen molar-refractivity contribution in [2.45, 2.75) is 11.8 Å². The molecule has 0 saturated carbocycles. The Morgan fingerprint density at radius 2 is 2.05 bits per heavy atom. The number of nitrogens with one attached hydrogen (secondary N) is 1. The molecule has 1 aromatic carbocycles. The molecule has 5 N–H and O–H groups in total. The van der Waals surface area contributed by atoms with E-state index in [9.17, 15) is 13.2 Å². The third kappa shape index (κ3) is 3.83. The zero-order chi connectivity index (χ0) is 14.6. The lowest BCUT2D eigenvalue weighted by Crippen LogP contribution is -2.36. The van der Waals surface area contributed by atoms with Crippen LogP contribution in [-0.2, 0) is 14.8 Å². The van der Waals surface area contributed by atoms with E-state index >= 15 is 0 Å². The van der Waals surface area contributed by atoms with Gasteiger partial charge in [0, 0.05) is 19.3 Å². The highest BCUT2D eigenvalue weighted by molar-refractivity contribution is 7.89. The van der Waals surface area contributed by atoms with E-state index in [2.05, 4.69) is 5.32 Å². The van der Waals surface area contributed by atoms with E-state index in [0.717, 1.165) is 0 Å². The number of primary sulfonamides is 1. The molecule has 0 aliphatic heterocycles. The Labute approximate surface area is 112 Å². The summed E-state index contributed by atoms with van der Waals surface area (Å²) < 4.78 is 23.2. The van der Waals surface area contributed by atoms with Crippen molar-refractivity contribution in [1.82, 2.24) is 5.32 Å². The molecule has 0 atom stereocenters. The van der Waals surface area contributed by atoms with Gasteiger partial charge in [0.2, 0.25) is 15.9 Å². The van der Waals surface area contributed by atoms with Crippen LogP contribution in [0.4, 0.5) is 11.4 Å². The van der Waals surface area contributed by atoms with Crippen molar-refractivity contribution in [1.29, 1.82) is 0 Å². The molecule has 0 fully saturated rings. The third-order valence-corrected chi connectivity index (χ3v) is 3.57. The van der Waals surface area contributed by atoms with Gasteiger partial charge >= 0.3 is 0 Å². The minimum absolute atomic E-state index is 0.0411. The minimum Gasteiger partial charge on any atom is -0.399 e. The molecular weight excluding hydrogens is 268 g/mol. The molecule has 0 spiro atoms. The summed E-state index contributed by atoms with van der Waals surface area (Å²) in [4.78, 5) is 12.9. The van der Waals surface area contributed by atoms with E-state index in [-0.39, 0.29) is 17.3 Å². The summed E-state index contributed by atoms with van der Waals surface area (Å²) in [5.74, 6) is -0.223. The smallest absolute Gasteiger partial charge is 0.240 e. The van der Waals surface area contributed by atoms with Crippen LogP contribution in [0, 0.1) is 0 Å². The van der Waals surface area contributed by atoms with Crippen molar-refractivity contribution >= 4 is 27.3 Å². The van der Waals surface area contributed by atoms with Crippen LogP contribution in [0.1, 0.15) is 6.92 Å². The van der Waals surface area contributed by atoms with Gasteiger partial charge in [0.15, 0.2) is 0 Å². The van der Waals surface area contributed by atoms with Crippen LogP contribution in [0.5, 0.6) is 0 Å². The number of sulfonamides is 1. The number of hydrogen-bond acceptors (Lipinski definition) is 5. The summed E-state index contributed by atoms with van der Waals surface area (Å²) in [6.07, 6.45) is 0. The maximum Gasteiger partial charge on any atom is 0.240 e. The summed E-state index contributed by atoms with van der Waals surface area (Å²) in [5.41, 5.74) is 6.23. The second kappa shape index (κ2) is 5.89. The zero-order valence-electron chi connectivity index (χ0n) is 10.9. The van der Waals surface area contributed by atoms with E-state index in [1.165, 1.54) is 13.1 Å². The molecule has 0 aliphatic rings. The molecule has 1 aromatic rings. The lowest BCUT2D eigenvalue weighted by molar-refractivity contribution is -0.119. The van der Waals surface area contributed by atoms with E-state index in [1.807, 2.05) is 6.92 Å². The van der Waals surface area contributed by atoms with Gasteiger partial charge in [0.25, 0.3) is 0 Å². The molecule has 106 valence electrons. The molecule has 8 heteroatoms. The maximum atomic E-state index is 11.6. The highest BCUT2D eigenvalue weighted by atomic mass is 32.2. The van der Waals surface area contributed by atoms with Crippen molar-refractivity contribution in [3.63, 3.8) is 0 Å². The van der Waals surface area contributed by atoms with Crippen LogP contribution in [0.25, 0.3) is 0 Å². The number of rotatable bonds is 5. The molecule has 0 unspecified atom stereocenters. The van der Waals surface area contributed by atoms with E-state index in [1.54, 1.807) is 17.0 Å². The van der Waals surface area contributed by atoms with Gasteiger partial charge in [-0.1, -0.05) is 0 Å². The fraction of sp³-hybridized carbons (Fsp3) is 0.364. The van der Waals surface area contributed by atoms with Gasteiger partial charge in [-0.15, -0.1) is 0 Å². The molecule has 1 amide bonds. The lowest BCUT2D eigenvalue weighted by Gasteiger charge is -2.24. The van der Waals surface area contributed by atoms with Crippen molar-refractivity contribution in [3.8, 4) is 0 Å². The van der Waals surface area contributed by atoms with Crippen LogP contribution in [0.2, 0.25) is 0 Å². The van der Waals surface area contributed by atoms with Gasteiger partial charge in [-0.2, -0.15) is 0 Å². The number of carbonyl (C=O) groups is 1. The van der Waals surface area contributed by atoms with Gasteiger partial charge in [-0.3, -0.25) is 4.79 Å². The number of anilines is 2. The summed E-state index contributed by atoms with van der Waals surface area (Å²) in [7, 11) is -2.39. The Bertz CT molecular complexity index is 571. The number of likely N-dealkylation sites (N-methyl/N-ethyl adjacent to an activating group) is 2. The summed E-state index contributed by atoms with van der Waals surface area (Å²) in [6.45, 7) is 2.31. The molecular formula is C11H18N4O3S. The van der Waals surface area contributed by atoms with E-state index in [0.29, 0.717) is 17.9 Å². The average Bonchev–Trinajstić information content (AvgIpc) is 2.34. The SMILES string of the molecule is CCN(CC(=O)NC)c1ccc(N)cc1S(N)(=O)=O. The summed E-state index contributed by atoms with van der Waals surface area (Å²) >= 11 is 0. The quantitative estimate of drug-likeness (QED) is 0.630. The third-order valence-electron chi connectivity index (χ3n) is 2.63. The summed E-state index contributed by atoms with van der Waals surface area (Å²) in [6, 6.07) is 4.40. The first kappa shape index (κ1) is 15.3. The van der Waals surface area contributed by atoms with Crippen molar-refractivity contribution in [2.75, 3.05) is 30.8 Å². The highest BCUT2D eigenvalue weighted by Crippen LogP contribution is 2.26. The molecule has 1 rings (SSSR count). The number of benzene rings is 1. The second-order valence-electron chi connectivity index (χ2n) is 3.96. The Morgan fingerprint density at radius 3 is 2.53 bits per heavy atom. The van der Waals surface area contributed by atoms with Gasteiger partial charge in [0.1, 0.15) is 4.90 Å². The molecule has 0 aromatic heterocycles. The maximum absolute atomic E-state index is 11.6. The molecule has 7 nitrogen and oxygen atoms in total. The molecule has 0 heterocycles. The topological polar surface area (TPSA) is 119 Å². The van der Waals surface area contributed by atoms with E-state index in [4.69, 9.17) is 10.9 Å². The number of nitrogens with two attached hydrogens (primary N) is 2. The molecule has 0 aliphatic carbocycles. The normalized spacial score (nSPS) is 11.1. The zero-order valence-corrected chi connectivity index (χ0v) is 11.7. The molecule has 0 saturated heterocycles. The fourth-order valence-corrected chi connectivity index (χ4v) is 2.43. The number of nitrogen functional groups attached to an aromatic ring is 1. The second-order valence-corrected chi connectivity index (χ2v) is 5.49. The number of nitrogens with zero attached hydrogens (tertiary/aromatic N) is 1. The van der Waals surface area contributed by atoms with E-state index < -0.39 is 10.0 Å². The predicted octanol–water partition coefficient (Wildman–Crippen LogP) is -0.511. The standard InChI is InChI=1S/C11H18N4O3S/c1-3-15(7-11(16)14-2)9-5-4-8(12)6-10(9)19(13,17)18/h4-6H,3,7,12H2,1-2H3,(H,14,16)(H2,13,17,18). The number of hydrogen-bond donors (Lipinski definition) is 3. The van der Waals surface area contributed by atoms with Crippen molar-refractivity contribution in [3.05, 3.63) is 18.2 Å². The predicted molar refractivity (Wildman–Crippen MR) is 74.2 cm³/mol. The van der Waals surface area contributed by atoms with Gasteiger partial charge in [-0.25, -0.2) is 13.6 Å². The van der Waals surface area contributed by atoms with Crippen LogP contribution in [0.3, 0.4) is 0 Å². The van der Waals surface area contributed by atoms with Crippen LogP contribution < -0.4 is 21.1 Å². The molecule has 19 heavy (non-hydrogen) atoms. The van der Waals surface area contributed by atoms with Crippen molar-refractivity contribution in [2.24, 2.45) is 5.14 Å². The Kier molecular flexibility index (Phi) is 4.73. The fourth-order valence-electron chi connectivity index (χ4n) is 1.64. The molecule has 0 bridgehead atoms. The Morgan fingerprint density at radius 1 is 1.42 bits per heavy atom. The molecule has 0 radical (unpaired) electrons. The average molecular weight is 286 g/mol. The van der Waals surface area contributed by atoms with Crippen LogP contribution >= 0.6 is 0 Å². The lowest BCUT2D eigenvalue weighted by atomic mass is 10.2. The monoisotopic (exact) mass is 286 g/mol. The first-order chi connectivity index (χ1) is 8.79. The Hall–Kier alpha value is -1.80. The first-order valence-electron chi connectivity index (χ1n) is 5.67. The highest BCUT2D eigenvalue weighted by Gasteiger charge is 2.19. The Balaban J connectivity index is 3.28. The van der Waals surface area contributed by atoms with Gasteiger partial charge < -0.3 is 16.0 Å². The largest absolute Gasteiger partial charge is 0.399 e. The minimum atomic E-state index is -3.91. The van der Waals surface area contributed by atoms with Crippen LogP contribution in [0.15, 0.2) is 23.1 Å². The van der Waals surface area contributed by atoms with Gasteiger partial charge in [-0.05, 0) is 25.1 Å². The van der Waals surface area contributed by atoms with Crippen molar-refractivity contribution < 1.29 is 13.2 Å². The van der Waals surface area contributed by atoms with Crippen LogP contribution in [-0.4, -0.2) is 34.5 Å². The number of amides is 1.